The largest absolute Gasteiger partial charge is 0.504 e. The summed E-state index contributed by atoms with van der Waals surface area (Å²) in [5.74, 6) is 0.632. The van der Waals surface area contributed by atoms with Crippen LogP contribution in [0.5, 0.6) is 28.7 Å². The number of phenolic OH excluding ortho intramolecular Hbond substituents is 1. The molecule has 2 N–H and O–H groups in total. The first-order valence-corrected chi connectivity index (χ1v) is 13.2. The van der Waals surface area contributed by atoms with E-state index in [1.54, 1.807) is 14.2 Å². The molecule has 1 aliphatic heterocycles. The summed E-state index contributed by atoms with van der Waals surface area (Å²) in [6, 6.07) is 6.61. The SMILES string of the molecule is CCCOc1c(O)cc([C@H]2CC[C@H](c3cc(OC)c(OC)c(OC)c3)O2)cc1S(=O)(=O)CC(C)O. The van der Waals surface area contributed by atoms with Crippen LogP contribution in [-0.2, 0) is 14.6 Å². The van der Waals surface area contributed by atoms with Crippen molar-refractivity contribution in [1.29, 1.82) is 0 Å². The predicted molar refractivity (Wildman–Crippen MR) is 130 cm³/mol. The fourth-order valence-corrected chi connectivity index (χ4v) is 5.77. The third-order valence-electron chi connectivity index (χ3n) is 5.75. The van der Waals surface area contributed by atoms with Crippen molar-refractivity contribution in [2.45, 2.75) is 56.3 Å². The van der Waals surface area contributed by atoms with Gasteiger partial charge in [-0.2, -0.15) is 0 Å². The van der Waals surface area contributed by atoms with Crippen molar-refractivity contribution >= 4 is 9.84 Å². The van der Waals surface area contributed by atoms with Gasteiger partial charge in [-0.25, -0.2) is 8.42 Å². The minimum atomic E-state index is -3.92. The van der Waals surface area contributed by atoms with E-state index >= 15 is 0 Å². The lowest BCUT2D eigenvalue weighted by Gasteiger charge is -2.20. The molecule has 10 heteroatoms. The molecule has 0 aromatic heterocycles. The molecule has 1 aliphatic rings. The minimum Gasteiger partial charge on any atom is -0.504 e. The molecule has 2 aromatic rings. The Bertz CT molecular complexity index is 1100. The molecule has 0 amide bonds. The van der Waals surface area contributed by atoms with Crippen LogP contribution < -0.4 is 18.9 Å². The molecule has 0 spiro atoms. The van der Waals surface area contributed by atoms with E-state index < -0.39 is 27.8 Å². The van der Waals surface area contributed by atoms with Gasteiger partial charge in [-0.1, -0.05) is 6.92 Å². The van der Waals surface area contributed by atoms with E-state index in [0.29, 0.717) is 42.1 Å². The Labute approximate surface area is 206 Å². The zero-order chi connectivity index (χ0) is 25.8. The molecule has 0 saturated carbocycles. The van der Waals surface area contributed by atoms with Crippen molar-refractivity contribution in [3.63, 3.8) is 0 Å². The Morgan fingerprint density at radius 3 is 2.03 bits per heavy atom. The Morgan fingerprint density at radius 1 is 0.971 bits per heavy atom. The highest BCUT2D eigenvalue weighted by Crippen LogP contribution is 2.47. The van der Waals surface area contributed by atoms with Crippen molar-refractivity contribution in [3.05, 3.63) is 35.4 Å². The van der Waals surface area contributed by atoms with Gasteiger partial charge >= 0.3 is 0 Å². The van der Waals surface area contributed by atoms with E-state index in [2.05, 4.69) is 0 Å². The molecule has 1 heterocycles. The standard InChI is InChI=1S/C25H34O9S/c1-6-9-33-24-18(27)10-16(13-23(24)35(28,29)14-15(2)26)19-7-8-20(34-19)17-11-21(30-3)25(32-5)22(12-17)31-4/h10-13,15,19-20,26-27H,6-9,14H2,1-5H3/t15?,19-,20-/m1/s1. The summed E-state index contributed by atoms with van der Waals surface area (Å²) >= 11 is 0. The van der Waals surface area contributed by atoms with Crippen molar-refractivity contribution < 1.29 is 42.3 Å². The number of methoxy groups -OCH3 is 3. The summed E-state index contributed by atoms with van der Waals surface area (Å²) in [5, 5.41) is 20.4. The first kappa shape index (κ1) is 26.9. The van der Waals surface area contributed by atoms with E-state index in [-0.39, 0.29) is 29.1 Å². The summed E-state index contributed by atoms with van der Waals surface area (Å²) < 4.78 is 54.1. The third-order valence-corrected chi connectivity index (χ3v) is 7.65. The molecule has 0 aliphatic carbocycles. The number of hydrogen-bond donors (Lipinski definition) is 2. The number of sulfone groups is 1. The average Bonchev–Trinajstić information content (AvgIpc) is 3.31. The zero-order valence-electron chi connectivity index (χ0n) is 20.7. The van der Waals surface area contributed by atoms with Crippen LogP contribution in [-0.4, -0.2) is 58.4 Å². The molecule has 1 saturated heterocycles. The first-order chi connectivity index (χ1) is 16.6. The Kier molecular flexibility index (Phi) is 8.74. The van der Waals surface area contributed by atoms with Crippen LogP contribution in [0.3, 0.4) is 0 Å². The highest BCUT2D eigenvalue weighted by molar-refractivity contribution is 7.91. The van der Waals surface area contributed by atoms with Crippen molar-refractivity contribution in [3.8, 4) is 28.7 Å². The average molecular weight is 511 g/mol. The Balaban J connectivity index is 1.96. The van der Waals surface area contributed by atoms with E-state index in [1.165, 1.54) is 26.2 Å². The normalized spacial score (nSPS) is 18.8. The number of hydrogen-bond acceptors (Lipinski definition) is 9. The number of rotatable bonds is 11. The van der Waals surface area contributed by atoms with Gasteiger partial charge in [0, 0.05) is 0 Å². The quantitative estimate of drug-likeness (QED) is 0.463. The van der Waals surface area contributed by atoms with E-state index in [9.17, 15) is 18.6 Å². The van der Waals surface area contributed by atoms with Gasteiger partial charge < -0.3 is 33.9 Å². The lowest BCUT2D eigenvalue weighted by atomic mass is 10.0. The fourth-order valence-electron chi connectivity index (χ4n) is 4.20. The van der Waals surface area contributed by atoms with Gasteiger partial charge in [0.1, 0.15) is 4.90 Å². The van der Waals surface area contributed by atoms with E-state index in [0.717, 1.165) is 5.56 Å². The summed E-state index contributed by atoms with van der Waals surface area (Å²) in [5.41, 5.74) is 1.35. The smallest absolute Gasteiger partial charge is 0.203 e. The molecule has 35 heavy (non-hydrogen) atoms. The number of ether oxygens (including phenoxy) is 5. The van der Waals surface area contributed by atoms with Gasteiger partial charge in [0.25, 0.3) is 0 Å². The first-order valence-electron chi connectivity index (χ1n) is 11.5. The lowest BCUT2D eigenvalue weighted by Crippen LogP contribution is -2.19. The topological polar surface area (TPSA) is 121 Å². The number of aliphatic hydroxyl groups excluding tert-OH is 1. The van der Waals surface area contributed by atoms with Crippen LogP contribution in [0.25, 0.3) is 0 Å². The maximum Gasteiger partial charge on any atom is 0.203 e. The van der Waals surface area contributed by atoms with Crippen LogP contribution in [0.4, 0.5) is 0 Å². The Morgan fingerprint density at radius 2 is 1.54 bits per heavy atom. The third kappa shape index (κ3) is 5.94. The van der Waals surface area contributed by atoms with Crippen LogP contribution in [0.15, 0.2) is 29.2 Å². The van der Waals surface area contributed by atoms with Crippen molar-refractivity contribution in [1.82, 2.24) is 0 Å². The number of aromatic hydroxyl groups is 1. The molecule has 0 bridgehead atoms. The number of aliphatic hydroxyl groups is 1. The van der Waals surface area contributed by atoms with Crippen LogP contribution in [0.1, 0.15) is 56.4 Å². The molecule has 1 unspecified atom stereocenters. The molecular weight excluding hydrogens is 476 g/mol. The Hall–Kier alpha value is -2.69. The second-order valence-corrected chi connectivity index (χ2v) is 10.5. The van der Waals surface area contributed by atoms with Gasteiger partial charge in [0.05, 0.1) is 52.0 Å². The molecule has 9 nitrogen and oxygen atoms in total. The minimum absolute atomic E-state index is 0.101. The van der Waals surface area contributed by atoms with Gasteiger partial charge in [0.2, 0.25) is 5.75 Å². The molecule has 3 rings (SSSR count). The highest BCUT2D eigenvalue weighted by atomic mass is 32.2. The summed E-state index contributed by atoms with van der Waals surface area (Å²) in [6.07, 6.45) is 0.0750. The molecular formula is C25H34O9S. The van der Waals surface area contributed by atoms with Crippen molar-refractivity contribution in [2.24, 2.45) is 0 Å². The second kappa shape index (κ2) is 11.4. The maximum atomic E-state index is 13.0. The van der Waals surface area contributed by atoms with Crippen LogP contribution in [0, 0.1) is 0 Å². The summed E-state index contributed by atoms with van der Waals surface area (Å²) in [7, 11) is 0.692. The van der Waals surface area contributed by atoms with Crippen molar-refractivity contribution in [2.75, 3.05) is 33.7 Å². The summed E-state index contributed by atoms with van der Waals surface area (Å²) in [4.78, 5) is -0.151. The number of benzene rings is 2. The fraction of sp³-hybridized carbons (Fsp3) is 0.520. The predicted octanol–water partition coefficient (Wildman–Crippen LogP) is 3.95. The summed E-state index contributed by atoms with van der Waals surface area (Å²) in [6.45, 7) is 3.52. The number of phenols is 1. The van der Waals surface area contributed by atoms with Crippen LogP contribution >= 0.6 is 0 Å². The monoisotopic (exact) mass is 510 g/mol. The van der Waals surface area contributed by atoms with Gasteiger partial charge in [-0.05, 0) is 61.6 Å². The zero-order valence-corrected chi connectivity index (χ0v) is 21.6. The van der Waals surface area contributed by atoms with Gasteiger partial charge in [-0.15, -0.1) is 0 Å². The van der Waals surface area contributed by atoms with E-state index in [4.69, 9.17) is 23.7 Å². The lowest BCUT2D eigenvalue weighted by molar-refractivity contribution is 0.0435. The molecule has 194 valence electrons. The molecule has 2 aromatic carbocycles. The van der Waals surface area contributed by atoms with Crippen LogP contribution in [0.2, 0.25) is 0 Å². The highest BCUT2D eigenvalue weighted by Gasteiger charge is 2.32. The molecule has 0 radical (unpaired) electrons. The van der Waals surface area contributed by atoms with Gasteiger partial charge in [0.15, 0.2) is 32.8 Å². The molecule has 1 fully saturated rings. The maximum absolute atomic E-state index is 13.0. The second-order valence-electron chi connectivity index (χ2n) is 8.50. The van der Waals surface area contributed by atoms with E-state index in [1.807, 2.05) is 19.1 Å². The molecule has 3 atom stereocenters. The van der Waals surface area contributed by atoms with Gasteiger partial charge in [-0.3, -0.25) is 0 Å².